The first-order valence-electron chi connectivity index (χ1n) is 6.48. The largest absolute Gasteiger partial charge is 0.444 e. The Morgan fingerprint density at radius 2 is 2.24 bits per heavy atom. The predicted molar refractivity (Wildman–Crippen MR) is 64.7 cm³/mol. The number of ether oxygens (including phenoxy) is 1. The number of rotatable bonds is 1. The number of amides is 1. The molecule has 1 saturated carbocycles. The van der Waals surface area contributed by atoms with Crippen LogP contribution in [0.2, 0.25) is 0 Å². The topological polar surface area (TPSA) is 49.8 Å². The number of fused-ring (bicyclic) bond motifs is 2. The van der Waals surface area contributed by atoms with Crippen LogP contribution in [0.1, 0.15) is 46.5 Å². The smallest absolute Gasteiger partial charge is 0.410 e. The summed E-state index contributed by atoms with van der Waals surface area (Å²) in [5.41, 5.74) is -0.810. The number of aliphatic hydroxyl groups is 1. The van der Waals surface area contributed by atoms with Crippen molar-refractivity contribution >= 4 is 6.09 Å². The van der Waals surface area contributed by atoms with E-state index >= 15 is 0 Å². The van der Waals surface area contributed by atoms with Gasteiger partial charge in [-0.05, 0) is 46.0 Å². The molecule has 2 fully saturated rings. The zero-order valence-corrected chi connectivity index (χ0v) is 11.0. The second kappa shape index (κ2) is 4.16. The van der Waals surface area contributed by atoms with E-state index in [1.807, 2.05) is 20.8 Å². The Morgan fingerprint density at radius 1 is 1.53 bits per heavy atom. The average Bonchev–Trinajstić information content (AvgIpc) is 2.48. The fourth-order valence-corrected chi connectivity index (χ4v) is 3.13. The maximum atomic E-state index is 12.2. The minimum absolute atomic E-state index is 0.0583. The summed E-state index contributed by atoms with van der Waals surface area (Å²) in [6, 6.07) is 0. The third-order valence-electron chi connectivity index (χ3n) is 3.84. The van der Waals surface area contributed by atoms with E-state index in [-0.39, 0.29) is 18.2 Å². The van der Waals surface area contributed by atoms with Gasteiger partial charge in [-0.2, -0.15) is 0 Å². The summed E-state index contributed by atoms with van der Waals surface area (Å²) in [6.07, 6.45) is 3.84. The molecule has 4 heteroatoms. The summed E-state index contributed by atoms with van der Waals surface area (Å²) in [6.45, 7) is 6.42. The summed E-state index contributed by atoms with van der Waals surface area (Å²) >= 11 is 0. The Balaban J connectivity index is 2.12. The number of carbonyl (C=O) groups excluding carboxylic acids is 1. The first kappa shape index (κ1) is 12.7. The van der Waals surface area contributed by atoms with Gasteiger partial charge in [0.25, 0.3) is 0 Å². The summed E-state index contributed by atoms with van der Waals surface area (Å²) in [5, 5.41) is 9.64. The van der Waals surface area contributed by atoms with Gasteiger partial charge in [-0.1, -0.05) is 6.42 Å². The van der Waals surface area contributed by atoms with E-state index in [2.05, 4.69) is 0 Å². The van der Waals surface area contributed by atoms with Crippen LogP contribution in [0.4, 0.5) is 4.79 Å². The lowest BCUT2D eigenvalue weighted by Crippen LogP contribution is -2.51. The first-order chi connectivity index (χ1) is 7.86. The van der Waals surface area contributed by atoms with E-state index < -0.39 is 5.60 Å². The van der Waals surface area contributed by atoms with Gasteiger partial charge >= 0.3 is 6.09 Å². The number of nitrogens with zero attached hydrogens (tertiary/aromatic N) is 1. The number of likely N-dealkylation sites (tertiary alicyclic amines) is 1. The fourth-order valence-electron chi connectivity index (χ4n) is 3.13. The van der Waals surface area contributed by atoms with Gasteiger partial charge in [0.05, 0.1) is 12.1 Å². The zero-order chi connectivity index (χ0) is 12.7. The standard InChI is InChI=1S/C13H23NO3/c1-12(2,3)17-11(16)14-8-10-5-4-6-13(14,7-10)9-15/h10,15H,4-9H2,1-3H3/t10-,13+/m0/s1. The van der Waals surface area contributed by atoms with Gasteiger partial charge in [0.1, 0.15) is 5.60 Å². The monoisotopic (exact) mass is 241 g/mol. The van der Waals surface area contributed by atoms with Crippen LogP contribution in [-0.2, 0) is 4.74 Å². The average molecular weight is 241 g/mol. The first-order valence-corrected chi connectivity index (χ1v) is 6.48. The van der Waals surface area contributed by atoms with E-state index in [0.29, 0.717) is 5.92 Å². The molecule has 1 aliphatic carbocycles. The quantitative estimate of drug-likeness (QED) is 0.765. The third kappa shape index (κ3) is 2.41. The van der Waals surface area contributed by atoms with Crippen molar-refractivity contribution in [2.24, 2.45) is 5.92 Å². The van der Waals surface area contributed by atoms with Crippen molar-refractivity contribution in [3.8, 4) is 0 Å². The number of carbonyl (C=O) groups is 1. The van der Waals surface area contributed by atoms with Crippen LogP contribution in [-0.4, -0.2) is 40.4 Å². The highest BCUT2D eigenvalue weighted by Crippen LogP contribution is 2.44. The molecule has 2 atom stereocenters. The van der Waals surface area contributed by atoms with E-state index in [1.54, 1.807) is 4.90 Å². The maximum absolute atomic E-state index is 12.2. The van der Waals surface area contributed by atoms with E-state index in [4.69, 9.17) is 4.74 Å². The van der Waals surface area contributed by atoms with Crippen LogP contribution >= 0.6 is 0 Å². The normalized spacial score (nSPS) is 32.7. The SMILES string of the molecule is CC(C)(C)OC(=O)N1C[C@H]2CCC[C@]1(CO)C2. The van der Waals surface area contributed by atoms with Gasteiger partial charge < -0.3 is 9.84 Å². The Bertz CT molecular complexity index is 310. The highest BCUT2D eigenvalue weighted by molar-refractivity contribution is 5.70. The van der Waals surface area contributed by atoms with Crippen LogP contribution in [0.15, 0.2) is 0 Å². The lowest BCUT2D eigenvalue weighted by molar-refractivity contribution is -0.00719. The van der Waals surface area contributed by atoms with E-state index in [0.717, 1.165) is 25.8 Å². The number of hydrogen-bond acceptors (Lipinski definition) is 3. The second-order valence-corrected chi connectivity index (χ2v) is 6.44. The lowest BCUT2D eigenvalue weighted by Gasteiger charge is -2.38. The molecule has 0 radical (unpaired) electrons. The highest BCUT2D eigenvalue weighted by Gasteiger charge is 2.50. The molecular formula is C13H23NO3. The van der Waals surface area contributed by atoms with Crippen LogP contribution in [0, 0.1) is 5.92 Å². The Hall–Kier alpha value is -0.770. The number of aliphatic hydroxyl groups excluding tert-OH is 1. The molecule has 1 aliphatic heterocycles. The molecule has 17 heavy (non-hydrogen) atoms. The van der Waals surface area contributed by atoms with Crippen LogP contribution in [0.3, 0.4) is 0 Å². The van der Waals surface area contributed by atoms with Crippen molar-refractivity contribution in [2.45, 2.75) is 57.6 Å². The molecule has 0 aromatic carbocycles. The van der Waals surface area contributed by atoms with E-state index in [9.17, 15) is 9.90 Å². The van der Waals surface area contributed by atoms with Crippen molar-refractivity contribution in [1.82, 2.24) is 4.90 Å². The van der Waals surface area contributed by atoms with Gasteiger partial charge in [-0.25, -0.2) is 4.79 Å². The van der Waals surface area contributed by atoms with Crippen molar-refractivity contribution in [3.63, 3.8) is 0 Å². The van der Waals surface area contributed by atoms with Crippen LogP contribution < -0.4 is 0 Å². The molecule has 2 bridgehead atoms. The minimum atomic E-state index is -0.468. The van der Waals surface area contributed by atoms with E-state index in [1.165, 1.54) is 6.42 Å². The van der Waals surface area contributed by atoms with Gasteiger partial charge in [0, 0.05) is 6.54 Å². The molecule has 1 heterocycles. The highest BCUT2D eigenvalue weighted by atomic mass is 16.6. The summed E-state index contributed by atoms with van der Waals surface area (Å²) in [5.74, 6) is 0.545. The molecular weight excluding hydrogens is 218 g/mol. The predicted octanol–water partition coefficient (Wildman–Crippen LogP) is 2.16. The summed E-state index contributed by atoms with van der Waals surface area (Å²) < 4.78 is 5.43. The van der Waals surface area contributed by atoms with Crippen LogP contribution in [0.5, 0.6) is 0 Å². The van der Waals surface area contributed by atoms with Crippen molar-refractivity contribution in [3.05, 3.63) is 0 Å². The van der Waals surface area contributed by atoms with Crippen LogP contribution in [0.25, 0.3) is 0 Å². The molecule has 1 N–H and O–H groups in total. The van der Waals surface area contributed by atoms with Gasteiger partial charge in [-0.3, -0.25) is 4.90 Å². The van der Waals surface area contributed by atoms with Gasteiger partial charge in [0.2, 0.25) is 0 Å². The third-order valence-corrected chi connectivity index (χ3v) is 3.84. The molecule has 1 amide bonds. The van der Waals surface area contributed by atoms with Gasteiger partial charge in [0.15, 0.2) is 0 Å². The van der Waals surface area contributed by atoms with Crippen molar-refractivity contribution in [2.75, 3.05) is 13.2 Å². The zero-order valence-electron chi connectivity index (χ0n) is 11.0. The molecule has 0 aromatic rings. The maximum Gasteiger partial charge on any atom is 0.410 e. The second-order valence-electron chi connectivity index (χ2n) is 6.44. The molecule has 2 rings (SSSR count). The minimum Gasteiger partial charge on any atom is -0.444 e. The molecule has 4 nitrogen and oxygen atoms in total. The number of hydrogen-bond donors (Lipinski definition) is 1. The Labute approximate surface area is 103 Å². The molecule has 2 aliphatic rings. The van der Waals surface area contributed by atoms with Crippen molar-refractivity contribution in [1.29, 1.82) is 0 Å². The molecule has 0 unspecified atom stereocenters. The summed E-state index contributed by atoms with van der Waals surface area (Å²) in [4.78, 5) is 13.9. The summed E-state index contributed by atoms with van der Waals surface area (Å²) in [7, 11) is 0. The lowest BCUT2D eigenvalue weighted by atomic mass is 9.80. The Kier molecular flexibility index (Phi) is 3.10. The van der Waals surface area contributed by atoms with Crippen molar-refractivity contribution < 1.29 is 14.6 Å². The molecule has 1 saturated heterocycles. The fraction of sp³-hybridized carbons (Fsp3) is 0.923. The Morgan fingerprint density at radius 3 is 2.82 bits per heavy atom. The molecule has 98 valence electrons. The molecule has 0 aromatic heterocycles. The van der Waals surface area contributed by atoms with Gasteiger partial charge in [-0.15, -0.1) is 0 Å². The molecule has 0 spiro atoms.